The van der Waals surface area contributed by atoms with Crippen LogP contribution < -0.4 is 0 Å². The number of ether oxygens (including phenoxy) is 1. The smallest absolute Gasteiger partial charge is 0.306 e. The normalized spacial score (nSPS) is 13.1. The number of carbonyl (C=O) groups excluding carboxylic acids is 2. The van der Waals surface area contributed by atoms with Crippen LogP contribution in [0.4, 0.5) is 0 Å². The van der Waals surface area contributed by atoms with E-state index in [1.165, 1.54) is 35.7 Å². The van der Waals surface area contributed by atoms with E-state index in [1.807, 2.05) is 38.3 Å². The van der Waals surface area contributed by atoms with Gasteiger partial charge in [0, 0.05) is 23.4 Å². The van der Waals surface area contributed by atoms with E-state index in [-0.39, 0.29) is 24.8 Å². The first-order valence-electron chi connectivity index (χ1n) is 9.66. The number of Topliss-reactive ketones (excluding diaryl/α,β-unsaturated/α-hetero) is 1. The minimum absolute atomic E-state index is 0.151. The van der Waals surface area contributed by atoms with Gasteiger partial charge in [-0.25, -0.2) is 9.97 Å². The van der Waals surface area contributed by atoms with Crippen LogP contribution >= 0.6 is 11.8 Å². The monoisotopic (exact) mass is 398 g/mol. The Morgan fingerprint density at radius 2 is 1.75 bits per heavy atom. The summed E-state index contributed by atoms with van der Waals surface area (Å²) in [5.74, 6) is -0.527. The van der Waals surface area contributed by atoms with Gasteiger partial charge in [-0.1, -0.05) is 23.9 Å². The van der Waals surface area contributed by atoms with Gasteiger partial charge in [-0.3, -0.25) is 9.59 Å². The highest BCUT2D eigenvalue weighted by atomic mass is 32.2. The minimum atomic E-state index is -0.376. The summed E-state index contributed by atoms with van der Waals surface area (Å²) in [6.07, 6.45) is 7.14. The predicted molar refractivity (Wildman–Crippen MR) is 110 cm³/mol. The van der Waals surface area contributed by atoms with Crippen LogP contribution in [0.2, 0.25) is 0 Å². The van der Waals surface area contributed by atoms with Gasteiger partial charge in [0.25, 0.3) is 0 Å². The molecule has 5 nitrogen and oxygen atoms in total. The lowest BCUT2D eigenvalue weighted by Crippen LogP contribution is -2.16. The minimum Gasteiger partial charge on any atom is -0.457 e. The molecule has 0 saturated heterocycles. The van der Waals surface area contributed by atoms with Crippen molar-refractivity contribution >= 4 is 23.5 Å². The van der Waals surface area contributed by atoms with E-state index in [9.17, 15) is 9.59 Å². The van der Waals surface area contributed by atoms with Crippen molar-refractivity contribution in [2.45, 2.75) is 57.5 Å². The van der Waals surface area contributed by atoms with Gasteiger partial charge < -0.3 is 4.74 Å². The van der Waals surface area contributed by atoms with E-state index in [2.05, 4.69) is 9.97 Å². The van der Waals surface area contributed by atoms with Crippen LogP contribution in [0.5, 0.6) is 0 Å². The number of aromatic nitrogens is 2. The number of fused-ring (bicyclic) bond motifs is 1. The molecule has 1 aromatic heterocycles. The van der Waals surface area contributed by atoms with Crippen molar-refractivity contribution in [1.82, 2.24) is 9.97 Å². The number of nitrogens with zero attached hydrogens (tertiary/aromatic N) is 2. The standard InChI is InChI=1S/C22H26N2O3S/c1-14-19(15(2)24-22(23-14)28-3)10-11-21(26)27-13-20(25)18-9-8-16-6-4-5-7-17(16)12-18/h8-9,12H,4-7,10-11,13H2,1-3H3. The maximum Gasteiger partial charge on any atom is 0.306 e. The molecule has 1 heterocycles. The molecule has 1 aliphatic carbocycles. The maximum atomic E-state index is 12.4. The lowest BCUT2D eigenvalue weighted by Gasteiger charge is -2.16. The summed E-state index contributed by atoms with van der Waals surface area (Å²) in [4.78, 5) is 33.3. The Labute approximate surface area is 170 Å². The molecular formula is C22H26N2O3S. The van der Waals surface area contributed by atoms with E-state index in [0.29, 0.717) is 12.0 Å². The van der Waals surface area contributed by atoms with Gasteiger partial charge in [-0.2, -0.15) is 0 Å². The number of benzene rings is 1. The van der Waals surface area contributed by atoms with Crippen molar-refractivity contribution in [2.24, 2.45) is 0 Å². The Morgan fingerprint density at radius 3 is 2.43 bits per heavy atom. The molecule has 148 valence electrons. The summed E-state index contributed by atoms with van der Waals surface area (Å²) in [6.45, 7) is 3.64. The lowest BCUT2D eigenvalue weighted by molar-refractivity contribution is -0.142. The molecule has 0 radical (unpaired) electrons. The molecule has 0 N–H and O–H groups in total. The topological polar surface area (TPSA) is 69.2 Å². The zero-order valence-corrected chi connectivity index (χ0v) is 17.5. The fourth-order valence-corrected chi connectivity index (χ4v) is 4.05. The summed E-state index contributed by atoms with van der Waals surface area (Å²) < 4.78 is 5.22. The number of ketones is 1. The van der Waals surface area contributed by atoms with Crippen molar-refractivity contribution < 1.29 is 14.3 Å². The van der Waals surface area contributed by atoms with E-state index in [4.69, 9.17) is 4.74 Å². The third-order valence-electron chi connectivity index (χ3n) is 5.20. The largest absolute Gasteiger partial charge is 0.457 e. The SMILES string of the molecule is CSc1nc(C)c(CCC(=O)OCC(=O)c2ccc3c(c2)CCCC3)c(C)n1. The maximum absolute atomic E-state index is 12.4. The molecule has 28 heavy (non-hydrogen) atoms. The molecule has 0 aliphatic heterocycles. The van der Waals surface area contributed by atoms with Gasteiger partial charge in [0.2, 0.25) is 0 Å². The Bertz CT molecular complexity index is 872. The zero-order valence-electron chi connectivity index (χ0n) is 16.7. The van der Waals surface area contributed by atoms with Gasteiger partial charge in [0.15, 0.2) is 17.5 Å². The summed E-state index contributed by atoms with van der Waals surface area (Å²) in [5, 5.41) is 0.733. The molecule has 2 aromatic rings. The number of thioether (sulfide) groups is 1. The van der Waals surface area contributed by atoms with Crippen molar-refractivity contribution in [1.29, 1.82) is 0 Å². The predicted octanol–water partition coefficient (Wildman–Crippen LogP) is 4.05. The highest BCUT2D eigenvalue weighted by Crippen LogP contribution is 2.22. The third-order valence-corrected chi connectivity index (χ3v) is 5.74. The first kappa shape index (κ1) is 20.5. The van der Waals surface area contributed by atoms with E-state index in [0.717, 1.165) is 34.9 Å². The van der Waals surface area contributed by atoms with Crippen LogP contribution in [-0.2, 0) is 28.8 Å². The highest BCUT2D eigenvalue weighted by molar-refractivity contribution is 7.98. The summed E-state index contributed by atoms with van der Waals surface area (Å²) in [5.41, 5.74) is 5.95. The van der Waals surface area contributed by atoms with Gasteiger partial charge in [0.05, 0.1) is 0 Å². The van der Waals surface area contributed by atoms with Crippen LogP contribution in [0.15, 0.2) is 23.4 Å². The van der Waals surface area contributed by atoms with Crippen LogP contribution in [0, 0.1) is 13.8 Å². The van der Waals surface area contributed by atoms with Gasteiger partial charge in [0.1, 0.15) is 0 Å². The molecule has 1 aliphatic rings. The summed E-state index contributed by atoms with van der Waals surface area (Å²) in [7, 11) is 0. The van der Waals surface area contributed by atoms with E-state index < -0.39 is 0 Å². The molecule has 1 aromatic carbocycles. The average molecular weight is 399 g/mol. The fourth-order valence-electron chi connectivity index (χ4n) is 3.60. The van der Waals surface area contributed by atoms with Crippen molar-refractivity contribution in [3.05, 3.63) is 51.8 Å². The Hall–Kier alpha value is -2.21. The highest BCUT2D eigenvalue weighted by Gasteiger charge is 2.15. The number of esters is 1. The van der Waals surface area contributed by atoms with Crippen LogP contribution in [0.25, 0.3) is 0 Å². The molecule has 0 unspecified atom stereocenters. The number of rotatable bonds is 7. The molecule has 0 atom stereocenters. The Morgan fingerprint density at radius 1 is 1.07 bits per heavy atom. The second-order valence-electron chi connectivity index (χ2n) is 7.13. The second kappa shape index (κ2) is 9.32. The summed E-state index contributed by atoms with van der Waals surface area (Å²) >= 11 is 1.50. The third kappa shape index (κ3) is 4.98. The zero-order chi connectivity index (χ0) is 20.1. The lowest BCUT2D eigenvalue weighted by atomic mass is 9.90. The van der Waals surface area contributed by atoms with Gasteiger partial charge in [-0.05, 0) is 75.0 Å². The van der Waals surface area contributed by atoms with Gasteiger partial charge >= 0.3 is 5.97 Å². The quantitative estimate of drug-likeness (QED) is 0.303. The van der Waals surface area contributed by atoms with Crippen LogP contribution in [0.1, 0.15) is 57.7 Å². The van der Waals surface area contributed by atoms with Gasteiger partial charge in [-0.15, -0.1) is 0 Å². The number of aryl methyl sites for hydroxylation is 4. The molecule has 0 saturated carbocycles. The average Bonchev–Trinajstić information content (AvgIpc) is 2.70. The van der Waals surface area contributed by atoms with E-state index >= 15 is 0 Å². The molecule has 3 rings (SSSR count). The van der Waals surface area contributed by atoms with Crippen molar-refractivity contribution in [3.8, 4) is 0 Å². The fraction of sp³-hybridized carbons (Fsp3) is 0.455. The van der Waals surface area contributed by atoms with E-state index in [1.54, 1.807) is 0 Å². The van der Waals surface area contributed by atoms with Crippen LogP contribution in [-0.4, -0.2) is 34.6 Å². The van der Waals surface area contributed by atoms with Crippen molar-refractivity contribution in [3.63, 3.8) is 0 Å². The Balaban J connectivity index is 1.52. The number of hydrogen-bond acceptors (Lipinski definition) is 6. The number of carbonyl (C=O) groups is 2. The van der Waals surface area contributed by atoms with Crippen molar-refractivity contribution in [2.75, 3.05) is 12.9 Å². The number of hydrogen-bond donors (Lipinski definition) is 0. The molecule has 0 bridgehead atoms. The first-order valence-corrected chi connectivity index (χ1v) is 10.9. The summed E-state index contributed by atoms with van der Waals surface area (Å²) in [6, 6.07) is 5.84. The second-order valence-corrected chi connectivity index (χ2v) is 7.91. The van der Waals surface area contributed by atoms with Crippen LogP contribution in [0.3, 0.4) is 0 Å². The molecule has 0 fully saturated rings. The first-order chi connectivity index (χ1) is 13.5. The molecular weight excluding hydrogens is 372 g/mol. The molecule has 6 heteroatoms. The molecule has 0 amide bonds. The Kier molecular flexibility index (Phi) is 6.83. The molecule has 0 spiro atoms.